The smallest absolute Gasteiger partial charge is 0.137 e. The van der Waals surface area contributed by atoms with Gasteiger partial charge in [0.25, 0.3) is 0 Å². The number of hydrogen-bond donors (Lipinski definition) is 2. The summed E-state index contributed by atoms with van der Waals surface area (Å²) < 4.78 is 1.63. The number of nitrogens with one attached hydrogen (secondary N) is 1. The zero-order valence-corrected chi connectivity index (χ0v) is 12.0. The van der Waals surface area contributed by atoms with E-state index in [1.807, 2.05) is 25.1 Å². The Bertz CT molecular complexity index is 569. The normalized spacial score (nSPS) is 10.9. The Kier molecular flexibility index (Phi) is 4.82. The van der Waals surface area contributed by atoms with Gasteiger partial charge in [-0.05, 0) is 19.1 Å². The highest BCUT2D eigenvalue weighted by Crippen LogP contribution is 2.27. The van der Waals surface area contributed by atoms with Crippen molar-refractivity contribution >= 4 is 23.2 Å². The van der Waals surface area contributed by atoms with Crippen molar-refractivity contribution < 1.29 is 5.11 Å². The van der Waals surface area contributed by atoms with Gasteiger partial charge in [-0.3, -0.25) is 0 Å². The molecule has 4 nitrogen and oxygen atoms in total. The summed E-state index contributed by atoms with van der Waals surface area (Å²) in [5.74, 6) is 0. The number of rotatable bonds is 5. The molecule has 0 spiro atoms. The van der Waals surface area contributed by atoms with E-state index in [9.17, 15) is 0 Å². The number of benzene rings is 1. The minimum atomic E-state index is 0.0926. The first-order valence-electron chi connectivity index (χ1n) is 5.95. The Morgan fingerprint density at radius 2 is 2.05 bits per heavy atom. The second-order valence-electron chi connectivity index (χ2n) is 4.12. The molecule has 1 aromatic heterocycles. The van der Waals surface area contributed by atoms with Gasteiger partial charge in [0.2, 0.25) is 0 Å². The lowest BCUT2D eigenvalue weighted by atomic mass is 10.2. The van der Waals surface area contributed by atoms with Crippen LogP contribution in [0.2, 0.25) is 10.2 Å². The molecule has 2 aromatic rings. The summed E-state index contributed by atoms with van der Waals surface area (Å²) in [4.78, 5) is 0. The van der Waals surface area contributed by atoms with Crippen molar-refractivity contribution in [3.05, 3.63) is 45.7 Å². The molecule has 102 valence electrons. The Labute approximate surface area is 122 Å². The second-order valence-corrected chi connectivity index (χ2v) is 4.88. The quantitative estimate of drug-likeness (QED) is 0.834. The number of aryl methyl sites for hydroxylation is 1. The molecule has 2 rings (SSSR count). The van der Waals surface area contributed by atoms with Gasteiger partial charge in [0.15, 0.2) is 0 Å². The maximum absolute atomic E-state index is 8.77. The molecule has 0 amide bonds. The van der Waals surface area contributed by atoms with Crippen LogP contribution in [0, 0.1) is 6.92 Å². The number of nitrogens with zero attached hydrogens (tertiary/aromatic N) is 2. The van der Waals surface area contributed by atoms with E-state index in [1.54, 1.807) is 10.7 Å². The number of aromatic nitrogens is 2. The Balaban J connectivity index is 2.33. The van der Waals surface area contributed by atoms with Gasteiger partial charge in [-0.15, -0.1) is 0 Å². The van der Waals surface area contributed by atoms with Crippen LogP contribution in [0.1, 0.15) is 11.3 Å². The molecule has 0 aliphatic carbocycles. The molecule has 2 N–H and O–H groups in total. The Morgan fingerprint density at radius 3 is 2.74 bits per heavy atom. The Hall–Kier alpha value is -1.07. The highest BCUT2D eigenvalue weighted by molar-refractivity contribution is 6.33. The fourth-order valence-corrected chi connectivity index (χ4v) is 2.36. The van der Waals surface area contributed by atoms with E-state index in [0.29, 0.717) is 23.3 Å². The molecule has 0 radical (unpaired) electrons. The van der Waals surface area contributed by atoms with Gasteiger partial charge < -0.3 is 10.4 Å². The standard InChI is InChI=1S/C13H15Cl2N3O/c1-9-10(8-16-6-7-19)13(15)18(17-9)12-5-3-2-4-11(12)14/h2-5,16,19H,6-8H2,1H3. The lowest BCUT2D eigenvalue weighted by Gasteiger charge is -2.06. The van der Waals surface area contributed by atoms with Crippen LogP contribution in [0.5, 0.6) is 0 Å². The predicted octanol–water partition coefficient (Wildman–Crippen LogP) is 2.57. The van der Waals surface area contributed by atoms with Crippen LogP contribution in [0.25, 0.3) is 5.69 Å². The molecule has 0 unspecified atom stereocenters. The van der Waals surface area contributed by atoms with Crippen LogP contribution in [-0.2, 0) is 6.54 Å². The van der Waals surface area contributed by atoms with Crippen molar-refractivity contribution in [3.63, 3.8) is 0 Å². The third-order valence-corrected chi connectivity index (χ3v) is 3.50. The fraction of sp³-hybridized carbons (Fsp3) is 0.308. The van der Waals surface area contributed by atoms with Gasteiger partial charge in [-0.1, -0.05) is 35.3 Å². The average molecular weight is 300 g/mol. The van der Waals surface area contributed by atoms with Crippen molar-refractivity contribution in [1.29, 1.82) is 0 Å². The van der Waals surface area contributed by atoms with E-state index < -0.39 is 0 Å². The molecule has 0 aliphatic heterocycles. The largest absolute Gasteiger partial charge is 0.395 e. The van der Waals surface area contributed by atoms with Gasteiger partial charge in [0.1, 0.15) is 5.15 Å². The third-order valence-electron chi connectivity index (χ3n) is 2.79. The van der Waals surface area contributed by atoms with Gasteiger partial charge in [0.05, 0.1) is 23.0 Å². The van der Waals surface area contributed by atoms with Crippen LogP contribution in [0.15, 0.2) is 24.3 Å². The molecule has 1 heterocycles. The van der Waals surface area contributed by atoms with E-state index in [0.717, 1.165) is 16.9 Å². The zero-order valence-electron chi connectivity index (χ0n) is 10.5. The predicted molar refractivity (Wildman–Crippen MR) is 77.1 cm³/mol. The summed E-state index contributed by atoms with van der Waals surface area (Å²) in [5, 5.41) is 17.4. The van der Waals surface area contributed by atoms with E-state index in [1.165, 1.54) is 0 Å². The molecule has 0 bridgehead atoms. The van der Waals surface area contributed by atoms with E-state index >= 15 is 0 Å². The van der Waals surface area contributed by atoms with Gasteiger partial charge >= 0.3 is 0 Å². The molecule has 0 saturated heterocycles. The molecular formula is C13H15Cl2N3O. The van der Waals surface area contributed by atoms with Crippen LogP contribution < -0.4 is 5.32 Å². The average Bonchev–Trinajstić information content (AvgIpc) is 2.67. The minimum absolute atomic E-state index is 0.0926. The molecule has 0 saturated carbocycles. The van der Waals surface area contributed by atoms with Crippen LogP contribution in [0.3, 0.4) is 0 Å². The van der Waals surface area contributed by atoms with Gasteiger partial charge in [0, 0.05) is 18.7 Å². The highest BCUT2D eigenvalue weighted by Gasteiger charge is 2.15. The first-order chi connectivity index (χ1) is 9.15. The molecule has 0 aliphatic rings. The van der Waals surface area contributed by atoms with Crippen molar-refractivity contribution in [1.82, 2.24) is 15.1 Å². The lowest BCUT2D eigenvalue weighted by Crippen LogP contribution is -2.17. The third kappa shape index (κ3) is 3.09. The SMILES string of the molecule is Cc1nn(-c2ccccc2Cl)c(Cl)c1CNCCO. The molecule has 6 heteroatoms. The van der Waals surface area contributed by atoms with E-state index in [-0.39, 0.29) is 6.61 Å². The van der Waals surface area contributed by atoms with Crippen molar-refractivity contribution in [2.45, 2.75) is 13.5 Å². The summed E-state index contributed by atoms with van der Waals surface area (Å²) in [6.07, 6.45) is 0. The summed E-state index contributed by atoms with van der Waals surface area (Å²) >= 11 is 12.5. The second kappa shape index (κ2) is 6.39. The zero-order chi connectivity index (χ0) is 13.8. The maximum atomic E-state index is 8.77. The van der Waals surface area contributed by atoms with Crippen molar-refractivity contribution in [2.75, 3.05) is 13.2 Å². The van der Waals surface area contributed by atoms with Crippen molar-refractivity contribution in [3.8, 4) is 5.69 Å². The van der Waals surface area contributed by atoms with E-state index in [4.69, 9.17) is 28.3 Å². The molecule has 0 fully saturated rings. The van der Waals surface area contributed by atoms with E-state index in [2.05, 4.69) is 10.4 Å². The topological polar surface area (TPSA) is 50.1 Å². The summed E-state index contributed by atoms with van der Waals surface area (Å²) in [6.45, 7) is 3.08. The monoisotopic (exact) mass is 299 g/mol. The fourth-order valence-electron chi connectivity index (χ4n) is 1.81. The number of hydrogen-bond acceptors (Lipinski definition) is 3. The summed E-state index contributed by atoms with van der Waals surface area (Å²) in [6, 6.07) is 7.41. The molecule has 0 atom stereocenters. The summed E-state index contributed by atoms with van der Waals surface area (Å²) in [7, 11) is 0. The molecule has 1 aromatic carbocycles. The first kappa shape index (κ1) is 14.3. The summed E-state index contributed by atoms with van der Waals surface area (Å²) in [5.41, 5.74) is 2.51. The van der Waals surface area contributed by atoms with Gasteiger partial charge in [-0.25, -0.2) is 4.68 Å². The van der Waals surface area contributed by atoms with Crippen molar-refractivity contribution in [2.24, 2.45) is 0 Å². The number of halogens is 2. The van der Waals surface area contributed by atoms with Gasteiger partial charge in [-0.2, -0.15) is 5.10 Å². The maximum Gasteiger partial charge on any atom is 0.137 e. The Morgan fingerprint density at radius 1 is 1.32 bits per heavy atom. The number of aliphatic hydroxyl groups is 1. The minimum Gasteiger partial charge on any atom is -0.395 e. The highest BCUT2D eigenvalue weighted by atomic mass is 35.5. The number of aliphatic hydroxyl groups excluding tert-OH is 1. The lowest BCUT2D eigenvalue weighted by molar-refractivity contribution is 0.292. The van der Waals surface area contributed by atoms with Crippen LogP contribution in [0.4, 0.5) is 0 Å². The van der Waals surface area contributed by atoms with Crippen LogP contribution >= 0.6 is 23.2 Å². The van der Waals surface area contributed by atoms with Crippen LogP contribution in [-0.4, -0.2) is 28.0 Å². The molecule has 19 heavy (non-hydrogen) atoms. The number of para-hydroxylation sites is 1. The molecular weight excluding hydrogens is 285 g/mol. The first-order valence-corrected chi connectivity index (χ1v) is 6.71.